The maximum absolute atomic E-state index is 5.55. The lowest BCUT2D eigenvalue weighted by Gasteiger charge is -2.16. The maximum atomic E-state index is 5.55. The Bertz CT molecular complexity index is 297. The van der Waals surface area contributed by atoms with E-state index in [0.29, 0.717) is 49.4 Å². The fraction of sp³-hybridized carbons (Fsp3) is 0.571. The predicted octanol–water partition coefficient (Wildman–Crippen LogP) is 3.28. The molecule has 1 rings (SSSR count). The van der Waals surface area contributed by atoms with Gasteiger partial charge in [-0.05, 0) is 27.7 Å². The molecule has 0 aliphatic rings. The van der Waals surface area contributed by atoms with Crippen LogP contribution in [-0.4, -0.2) is 26.4 Å². The molecule has 0 heterocycles. The molecule has 1 aromatic carbocycles. The highest BCUT2D eigenvalue weighted by Gasteiger charge is 2.13. The van der Waals surface area contributed by atoms with E-state index in [1.807, 2.05) is 39.8 Å². The van der Waals surface area contributed by atoms with Crippen molar-refractivity contribution in [2.45, 2.75) is 27.7 Å². The van der Waals surface area contributed by atoms with Crippen LogP contribution in [0.25, 0.3) is 0 Å². The zero-order chi connectivity index (χ0) is 13.4. The molecule has 0 aliphatic heterocycles. The summed E-state index contributed by atoms with van der Waals surface area (Å²) < 4.78 is 22.2. The molecule has 0 bridgehead atoms. The Morgan fingerprint density at radius 1 is 0.556 bits per heavy atom. The van der Waals surface area contributed by atoms with Gasteiger partial charge in [-0.2, -0.15) is 0 Å². The lowest BCUT2D eigenvalue weighted by atomic mass is 10.2. The van der Waals surface area contributed by atoms with Gasteiger partial charge in [0, 0.05) is 12.1 Å². The Labute approximate surface area is 109 Å². The van der Waals surface area contributed by atoms with E-state index in [2.05, 4.69) is 0 Å². The van der Waals surface area contributed by atoms with Crippen molar-refractivity contribution in [1.29, 1.82) is 0 Å². The first-order valence-corrected chi connectivity index (χ1v) is 6.45. The highest BCUT2D eigenvalue weighted by molar-refractivity contribution is 5.54. The summed E-state index contributed by atoms with van der Waals surface area (Å²) in [4.78, 5) is 0. The molecule has 0 fully saturated rings. The highest BCUT2D eigenvalue weighted by atomic mass is 16.5. The molecular weight excluding hydrogens is 232 g/mol. The van der Waals surface area contributed by atoms with E-state index >= 15 is 0 Å². The van der Waals surface area contributed by atoms with Crippen LogP contribution in [0.2, 0.25) is 0 Å². The average Bonchev–Trinajstić information content (AvgIpc) is 2.35. The number of rotatable bonds is 8. The molecule has 102 valence electrons. The smallest absolute Gasteiger partial charge is 0.165 e. The SMILES string of the molecule is CCOc1cc(OCC)c(OCC)cc1OCC. The lowest BCUT2D eigenvalue weighted by Crippen LogP contribution is -2.03. The van der Waals surface area contributed by atoms with Crippen LogP contribution in [0.5, 0.6) is 23.0 Å². The second-order valence-corrected chi connectivity index (χ2v) is 3.48. The van der Waals surface area contributed by atoms with Gasteiger partial charge in [0.25, 0.3) is 0 Å². The van der Waals surface area contributed by atoms with Gasteiger partial charge in [-0.25, -0.2) is 0 Å². The van der Waals surface area contributed by atoms with Gasteiger partial charge < -0.3 is 18.9 Å². The van der Waals surface area contributed by atoms with Gasteiger partial charge >= 0.3 is 0 Å². The Kier molecular flexibility index (Phi) is 6.19. The largest absolute Gasteiger partial charge is 0.490 e. The minimum atomic E-state index is 0.583. The summed E-state index contributed by atoms with van der Waals surface area (Å²) in [7, 11) is 0. The van der Waals surface area contributed by atoms with Crippen molar-refractivity contribution in [3.63, 3.8) is 0 Å². The van der Waals surface area contributed by atoms with Crippen LogP contribution in [0.3, 0.4) is 0 Å². The molecule has 18 heavy (non-hydrogen) atoms. The molecule has 0 aliphatic carbocycles. The Hall–Kier alpha value is -1.58. The van der Waals surface area contributed by atoms with Gasteiger partial charge in [0.05, 0.1) is 26.4 Å². The van der Waals surface area contributed by atoms with Crippen LogP contribution in [0.4, 0.5) is 0 Å². The second-order valence-electron chi connectivity index (χ2n) is 3.48. The summed E-state index contributed by atoms with van der Waals surface area (Å²) in [5.41, 5.74) is 0. The summed E-state index contributed by atoms with van der Waals surface area (Å²) in [5.74, 6) is 2.75. The molecule has 0 radical (unpaired) electrons. The molecule has 4 heteroatoms. The molecule has 0 atom stereocenters. The summed E-state index contributed by atoms with van der Waals surface area (Å²) in [5, 5.41) is 0. The molecule has 0 saturated carbocycles. The molecule has 0 spiro atoms. The summed E-state index contributed by atoms with van der Waals surface area (Å²) in [6, 6.07) is 3.64. The third kappa shape index (κ3) is 3.72. The molecular formula is C14H22O4. The Morgan fingerprint density at radius 2 is 0.778 bits per heavy atom. The predicted molar refractivity (Wildman–Crippen MR) is 71.1 cm³/mol. The standard InChI is InChI=1S/C14H22O4/c1-5-15-11-9-13(17-7-3)14(18-8-4)10-12(11)16-6-2/h9-10H,5-8H2,1-4H3. The number of hydrogen-bond acceptors (Lipinski definition) is 4. The van der Waals surface area contributed by atoms with E-state index in [1.54, 1.807) is 0 Å². The topological polar surface area (TPSA) is 36.9 Å². The summed E-state index contributed by atoms with van der Waals surface area (Å²) >= 11 is 0. The van der Waals surface area contributed by atoms with Crippen molar-refractivity contribution < 1.29 is 18.9 Å². The van der Waals surface area contributed by atoms with Crippen molar-refractivity contribution in [2.24, 2.45) is 0 Å². The van der Waals surface area contributed by atoms with Gasteiger partial charge in [0.15, 0.2) is 23.0 Å². The third-order valence-corrected chi connectivity index (χ3v) is 2.21. The first-order valence-electron chi connectivity index (χ1n) is 6.45. The average molecular weight is 254 g/mol. The lowest BCUT2D eigenvalue weighted by molar-refractivity contribution is 0.265. The third-order valence-electron chi connectivity index (χ3n) is 2.21. The van der Waals surface area contributed by atoms with Crippen LogP contribution in [0.15, 0.2) is 12.1 Å². The maximum Gasteiger partial charge on any atom is 0.165 e. The van der Waals surface area contributed by atoms with E-state index in [4.69, 9.17) is 18.9 Å². The summed E-state index contributed by atoms with van der Waals surface area (Å²) in [6.45, 7) is 10.1. The Morgan fingerprint density at radius 3 is 0.944 bits per heavy atom. The molecule has 4 nitrogen and oxygen atoms in total. The molecule has 1 aromatic rings. The van der Waals surface area contributed by atoms with Crippen molar-refractivity contribution in [3.8, 4) is 23.0 Å². The molecule has 0 aromatic heterocycles. The van der Waals surface area contributed by atoms with E-state index in [0.717, 1.165) is 0 Å². The number of ether oxygens (including phenoxy) is 4. The van der Waals surface area contributed by atoms with E-state index in [9.17, 15) is 0 Å². The minimum Gasteiger partial charge on any atom is -0.490 e. The Balaban J connectivity index is 3.11. The van der Waals surface area contributed by atoms with Crippen molar-refractivity contribution in [2.75, 3.05) is 26.4 Å². The number of benzene rings is 1. The van der Waals surface area contributed by atoms with Crippen LogP contribution >= 0.6 is 0 Å². The fourth-order valence-corrected chi connectivity index (χ4v) is 1.60. The first kappa shape index (κ1) is 14.5. The first-order chi connectivity index (χ1) is 8.76. The van der Waals surface area contributed by atoms with E-state index in [1.165, 1.54) is 0 Å². The van der Waals surface area contributed by atoms with Crippen LogP contribution in [0.1, 0.15) is 27.7 Å². The van der Waals surface area contributed by atoms with Gasteiger partial charge in [-0.15, -0.1) is 0 Å². The molecule has 0 saturated heterocycles. The summed E-state index contributed by atoms with van der Waals surface area (Å²) in [6.07, 6.45) is 0. The zero-order valence-electron chi connectivity index (χ0n) is 11.6. The normalized spacial score (nSPS) is 10.0. The van der Waals surface area contributed by atoms with Gasteiger partial charge in [-0.1, -0.05) is 0 Å². The fourth-order valence-electron chi connectivity index (χ4n) is 1.60. The zero-order valence-corrected chi connectivity index (χ0v) is 11.6. The van der Waals surface area contributed by atoms with Crippen molar-refractivity contribution in [1.82, 2.24) is 0 Å². The van der Waals surface area contributed by atoms with Gasteiger partial charge in [-0.3, -0.25) is 0 Å². The van der Waals surface area contributed by atoms with Crippen molar-refractivity contribution in [3.05, 3.63) is 12.1 Å². The van der Waals surface area contributed by atoms with Crippen LogP contribution < -0.4 is 18.9 Å². The number of hydrogen-bond donors (Lipinski definition) is 0. The quantitative estimate of drug-likeness (QED) is 0.713. The minimum absolute atomic E-state index is 0.583. The second kappa shape index (κ2) is 7.69. The van der Waals surface area contributed by atoms with Crippen LogP contribution in [0, 0.1) is 0 Å². The van der Waals surface area contributed by atoms with Crippen molar-refractivity contribution >= 4 is 0 Å². The molecule has 0 amide bonds. The van der Waals surface area contributed by atoms with Gasteiger partial charge in [0.2, 0.25) is 0 Å². The molecule has 0 unspecified atom stereocenters. The van der Waals surface area contributed by atoms with E-state index in [-0.39, 0.29) is 0 Å². The highest BCUT2D eigenvalue weighted by Crippen LogP contribution is 2.39. The van der Waals surface area contributed by atoms with Crippen LogP contribution in [-0.2, 0) is 0 Å². The molecule has 0 N–H and O–H groups in total. The van der Waals surface area contributed by atoms with E-state index < -0.39 is 0 Å². The van der Waals surface area contributed by atoms with Gasteiger partial charge in [0.1, 0.15) is 0 Å². The monoisotopic (exact) mass is 254 g/mol.